The number of para-hydroxylation sites is 2. The van der Waals surface area contributed by atoms with Crippen LogP contribution in [0.2, 0.25) is 0 Å². The topological polar surface area (TPSA) is 153 Å². The van der Waals surface area contributed by atoms with Gasteiger partial charge >= 0.3 is 7.12 Å². The van der Waals surface area contributed by atoms with Crippen LogP contribution >= 0.6 is 38.6 Å². The zero-order valence-electron chi connectivity index (χ0n) is 16.0. The molecule has 0 aliphatic carbocycles. The zero-order chi connectivity index (χ0) is 23.5. The van der Waals surface area contributed by atoms with Gasteiger partial charge in [0.25, 0.3) is 11.4 Å². The molecule has 2 aromatic carbocycles. The van der Waals surface area contributed by atoms with Gasteiger partial charge in [0.2, 0.25) is 0 Å². The van der Waals surface area contributed by atoms with E-state index in [2.05, 4.69) is 25.9 Å². The summed E-state index contributed by atoms with van der Waals surface area (Å²) in [5.74, 6) is 0. The van der Waals surface area contributed by atoms with E-state index >= 15 is 0 Å². The normalized spacial score (nSPS) is 9.59. The molecule has 0 unspecified atom stereocenters. The van der Waals surface area contributed by atoms with Crippen molar-refractivity contribution in [3.63, 3.8) is 0 Å². The number of benzene rings is 2. The van der Waals surface area contributed by atoms with Crippen LogP contribution in [-0.4, -0.2) is 37.0 Å². The molecule has 0 amide bonds. The van der Waals surface area contributed by atoms with E-state index < -0.39 is 17.0 Å². The van der Waals surface area contributed by atoms with Gasteiger partial charge in [-0.15, -0.1) is 22.7 Å². The molecule has 0 aliphatic rings. The summed E-state index contributed by atoms with van der Waals surface area (Å²) < 4.78 is 0.947. The van der Waals surface area contributed by atoms with Crippen molar-refractivity contribution in [2.75, 3.05) is 0 Å². The third-order valence-corrected chi connectivity index (χ3v) is 5.71. The SMILES string of the molecule is Brc1nccs1.O=[N+]([O-])c1ccccc1-c1nccs1.O=[N+]([O-])c1ccccc1B(O)O. The van der Waals surface area contributed by atoms with Crippen LogP contribution in [0.15, 0.2) is 75.6 Å². The standard InChI is InChI=1S/C9H6N2O2S.C6H6BNO4.C3H2BrNS/c12-11(13)8-4-2-1-3-7(8)9-10-5-6-14-9;9-7(10)5-3-1-2-4-6(5)8(11)12;4-3-5-1-2-6-3/h1-6H;1-4,9-10H;1-2H. The highest BCUT2D eigenvalue weighted by molar-refractivity contribution is 9.11. The molecule has 4 aromatic rings. The molecule has 0 saturated heterocycles. The van der Waals surface area contributed by atoms with Crippen LogP contribution in [0.3, 0.4) is 0 Å². The van der Waals surface area contributed by atoms with Gasteiger partial charge in [-0.1, -0.05) is 30.3 Å². The first-order valence-electron chi connectivity index (χ1n) is 8.59. The van der Waals surface area contributed by atoms with Gasteiger partial charge in [0.05, 0.1) is 20.9 Å². The first kappa shape index (κ1) is 25.2. The number of aromatic nitrogens is 2. The van der Waals surface area contributed by atoms with Gasteiger partial charge < -0.3 is 10.0 Å². The molecule has 0 atom stereocenters. The van der Waals surface area contributed by atoms with Gasteiger partial charge in [0.15, 0.2) is 3.92 Å². The Morgan fingerprint density at radius 3 is 1.84 bits per heavy atom. The van der Waals surface area contributed by atoms with E-state index in [1.165, 1.54) is 41.7 Å². The maximum atomic E-state index is 10.7. The molecule has 4 rings (SSSR count). The molecule has 10 nitrogen and oxygen atoms in total. The molecule has 2 heterocycles. The first-order valence-corrected chi connectivity index (χ1v) is 11.1. The highest BCUT2D eigenvalue weighted by Gasteiger charge is 2.22. The minimum Gasteiger partial charge on any atom is -0.423 e. The lowest BCUT2D eigenvalue weighted by Crippen LogP contribution is -2.31. The molecule has 0 bridgehead atoms. The molecular formula is C18H14BBrN4O6S2. The Kier molecular flexibility index (Phi) is 10.0. The summed E-state index contributed by atoms with van der Waals surface area (Å²) in [5, 5.41) is 42.8. The molecule has 0 spiro atoms. The van der Waals surface area contributed by atoms with Crippen LogP contribution in [0.4, 0.5) is 11.4 Å². The molecule has 0 radical (unpaired) electrons. The highest BCUT2D eigenvalue weighted by atomic mass is 79.9. The Bertz CT molecular complexity index is 1150. The van der Waals surface area contributed by atoms with E-state index in [4.69, 9.17) is 10.0 Å². The monoisotopic (exact) mass is 536 g/mol. The zero-order valence-corrected chi connectivity index (χ0v) is 19.2. The third-order valence-electron chi connectivity index (χ3n) is 3.58. The quantitative estimate of drug-likeness (QED) is 0.226. The second kappa shape index (κ2) is 12.7. The van der Waals surface area contributed by atoms with Crippen LogP contribution in [0.25, 0.3) is 10.6 Å². The third kappa shape index (κ3) is 7.58. The van der Waals surface area contributed by atoms with Gasteiger partial charge in [-0.25, -0.2) is 9.97 Å². The molecular weight excluding hydrogens is 523 g/mol. The summed E-state index contributed by atoms with van der Waals surface area (Å²) in [6.45, 7) is 0. The molecule has 2 aromatic heterocycles. The molecule has 32 heavy (non-hydrogen) atoms. The lowest BCUT2D eigenvalue weighted by molar-refractivity contribution is -0.384. The second-order valence-corrected chi connectivity index (χ2v) is 8.65. The van der Waals surface area contributed by atoms with Gasteiger partial charge in [-0.05, 0) is 22.0 Å². The number of hydrogen-bond donors (Lipinski definition) is 2. The molecule has 0 aliphatic heterocycles. The largest absolute Gasteiger partial charge is 0.495 e. The molecule has 0 fully saturated rings. The Hall–Kier alpha value is -3.04. The van der Waals surface area contributed by atoms with Crippen molar-refractivity contribution in [3.05, 3.63) is 95.8 Å². The van der Waals surface area contributed by atoms with E-state index in [9.17, 15) is 20.2 Å². The predicted octanol–water partition coefficient (Wildman–Crippen LogP) is 3.90. The van der Waals surface area contributed by atoms with Crippen molar-refractivity contribution in [3.8, 4) is 10.6 Å². The van der Waals surface area contributed by atoms with E-state index in [0.717, 1.165) is 3.92 Å². The second-order valence-electron chi connectivity index (χ2n) is 5.59. The van der Waals surface area contributed by atoms with Crippen LogP contribution in [0, 0.1) is 20.2 Å². The van der Waals surface area contributed by atoms with Crippen LogP contribution in [0.5, 0.6) is 0 Å². The fourth-order valence-electron chi connectivity index (χ4n) is 2.25. The molecule has 2 N–H and O–H groups in total. The average molecular weight is 537 g/mol. The maximum absolute atomic E-state index is 10.7. The Morgan fingerprint density at radius 2 is 1.41 bits per heavy atom. The number of thiazole rings is 2. The summed E-state index contributed by atoms with van der Waals surface area (Å²) in [5.41, 5.74) is 0.296. The Balaban J connectivity index is 0.000000183. The van der Waals surface area contributed by atoms with Crippen LogP contribution in [0.1, 0.15) is 0 Å². The summed E-state index contributed by atoms with van der Waals surface area (Å²) >= 11 is 6.16. The van der Waals surface area contributed by atoms with Crippen molar-refractivity contribution in [2.45, 2.75) is 0 Å². The van der Waals surface area contributed by atoms with Crippen molar-refractivity contribution >= 4 is 62.6 Å². The highest BCUT2D eigenvalue weighted by Crippen LogP contribution is 2.30. The van der Waals surface area contributed by atoms with Crippen LogP contribution < -0.4 is 5.46 Å². The van der Waals surface area contributed by atoms with Gasteiger partial charge in [0, 0.05) is 35.3 Å². The number of hydrogen-bond acceptors (Lipinski definition) is 10. The minimum atomic E-state index is -1.80. The summed E-state index contributed by atoms with van der Waals surface area (Å²) in [6.07, 6.45) is 3.39. The average Bonchev–Trinajstić information content (AvgIpc) is 3.48. The number of rotatable bonds is 4. The predicted molar refractivity (Wildman–Crippen MR) is 127 cm³/mol. The minimum absolute atomic E-state index is 0.0949. The Morgan fingerprint density at radius 1 is 0.844 bits per heavy atom. The smallest absolute Gasteiger partial charge is 0.423 e. The van der Waals surface area contributed by atoms with Crippen molar-refractivity contribution in [1.82, 2.24) is 9.97 Å². The molecule has 0 saturated carbocycles. The van der Waals surface area contributed by atoms with Crippen molar-refractivity contribution in [2.24, 2.45) is 0 Å². The van der Waals surface area contributed by atoms with Crippen molar-refractivity contribution < 1.29 is 19.9 Å². The van der Waals surface area contributed by atoms with Crippen LogP contribution in [-0.2, 0) is 0 Å². The van der Waals surface area contributed by atoms with E-state index in [0.29, 0.717) is 10.6 Å². The van der Waals surface area contributed by atoms with Gasteiger partial charge in [-0.3, -0.25) is 20.2 Å². The lowest BCUT2D eigenvalue weighted by atomic mass is 9.79. The van der Waals surface area contributed by atoms with Gasteiger partial charge in [0.1, 0.15) is 5.01 Å². The number of nitrogens with zero attached hydrogens (tertiary/aromatic N) is 4. The van der Waals surface area contributed by atoms with E-state index in [1.54, 1.807) is 47.3 Å². The number of nitro groups is 2. The van der Waals surface area contributed by atoms with E-state index in [1.807, 2.05) is 5.38 Å². The summed E-state index contributed by atoms with van der Waals surface area (Å²) in [6, 6.07) is 12.1. The van der Waals surface area contributed by atoms with E-state index in [-0.39, 0.29) is 16.8 Å². The lowest BCUT2D eigenvalue weighted by Gasteiger charge is -1.99. The fourth-order valence-corrected chi connectivity index (χ4v) is 3.72. The molecule has 164 valence electrons. The number of nitro benzene ring substituents is 2. The number of halogens is 1. The summed E-state index contributed by atoms with van der Waals surface area (Å²) in [7, 11) is -1.80. The fraction of sp³-hybridized carbons (Fsp3) is 0. The van der Waals surface area contributed by atoms with Crippen molar-refractivity contribution in [1.29, 1.82) is 0 Å². The Labute approximate surface area is 198 Å². The summed E-state index contributed by atoms with van der Waals surface area (Å²) in [4.78, 5) is 27.9. The first-order chi connectivity index (χ1) is 15.3. The molecule has 14 heteroatoms. The maximum Gasteiger partial charge on any atom is 0.495 e. The van der Waals surface area contributed by atoms with Gasteiger partial charge in [-0.2, -0.15) is 0 Å².